The molecule has 0 aliphatic carbocycles. The van der Waals surface area contributed by atoms with E-state index in [9.17, 15) is 17.6 Å². The van der Waals surface area contributed by atoms with Crippen LogP contribution in [0.15, 0.2) is 30.3 Å². The molecule has 144 valence electrons. The zero-order chi connectivity index (χ0) is 19.2. The fourth-order valence-electron chi connectivity index (χ4n) is 4.15. The van der Waals surface area contributed by atoms with Crippen LogP contribution in [0.5, 0.6) is 0 Å². The summed E-state index contributed by atoms with van der Waals surface area (Å²) in [6, 6.07) is 5.88. The maximum absolute atomic E-state index is 14.7. The Labute approximate surface area is 155 Å². The van der Waals surface area contributed by atoms with E-state index in [1.54, 1.807) is 6.07 Å². The predicted molar refractivity (Wildman–Crippen MR) is 91.9 cm³/mol. The number of ether oxygens (including phenoxy) is 2. The molecule has 3 aliphatic rings. The molecule has 0 amide bonds. The zero-order valence-electron chi connectivity index (χ0n) is 15.0. The number of hydrogen-bond donors (Lipinski definition) is 0. The van der Waals surface area contributed by atoms with Crippen LogP contribution in [0, 0.1) is 28.7 Å². The Hall–Kier alpha value is -1.92. The van der Waals surface area contributed by atoms with Crippen molar-refractivity contribution in [1.29, 1.82) is 0 Å². The van der Waals surface area contributed by atoms with Gasteiger partial charge < -0.3 is 9.47 Å². The third kappa shape index (κ3) is 3.05. The van der Waals surface area contributed by atoms with Crippen molar-refractivity contribution in [3.05, 3.63) is 59.2 Å². The SMILES string of the molecule is CCCC12CCC(c3ccc(-c4cc(F)c(F)c(F)c4)c(F)c3)(OC1)OC2. The van der Waals surface area contributed by atoms with Crippen LogP contribution in [0.2, 0.25) is 0 Å². The quantitative estimate of drug-likeness (QED) is 0.501. The molecule has 3 heterocycles. The molecular formula is C21H20F4O2. The van der Waals surface area contributed by atoms with Gasteiger partial charge in [-0.1, -0.05) is 25.5 Å². The molecule has 0 atom stereocenters. The van der Waals surface area contributed by atoms with Gasteiger partial charge >= 0.3 is 0 Å². The summed E-state index contributed by atoms with van der Waals surface area (Å²) in [5, 5.41) is 0. The molecule has 0 N–H and O–H groups in total. The van der Waals surface area contributed by atoms with Crippen LogP contribution in [0.1, 0.15) is 38.2 Å². The van der Waals surface area contributed by atoms with Crippen molar-refractivity contribution in [3.63, 3.8) is 0 Å². The van der Waals surface area contributed by atoms with Crippen LogP contribution < -0.4 is 0 Å². The van der Waals surface area contributed by atoms with Crippen molar-refractivity contribution in [2.24, 2.45) is 5.41 Å². The molecule has 2 nitrogen and oxygen atoms in total. The molecule has 0 radical (unpaired) electrons. The number of fused-ring (bicyclic) bond motifs is 3. The first kappa shape index (κ1) is 18.4. The maximum atomic E-state index is 14.7. The highest BCUT2D eigenvalue weighted by Crippen LogP contribution is 2.51. The van der Waals surface area contributed by atoms with E-state index in [0.29, 0.717) is 25.2 Å². The molecule has 6 heteroatoms. The summed E-state index contributed by atoms with van der Waals surface area (Å²) in [5.41, 5.74) is 0.499. The highest BCUT2D eigenvalue weighted by molar-refractivity contribution is 5.65. The van der Waals surface area contributed by atoms with E-state index in [0.717, 1.165) is 31.4 Å². The Morgan fingerprint density at radius 2 is 1.56 bits per heavy atom. The molecule has 2 bridgehead atoms. The second kappa shape index (κ2) is 6.60. The summed E-state index contributed by atoms with van der Waals surface area (Å²) < 4.78 is 66.8. The zero-order valence-corrected chi connectivity index (χ0v) is 15.0. The lowest BCUT2D eigenvalue weighted by Crippen LogP contribution is -2.53. The van der Waals surface area contributed by atoms with Crippen LogP contribution in [0.25, 0.3) is 11.1 Å². The second-order valence-electron chi connectivity index (χ2n) is 7.53. The molecule has 2 aromatic rings. The first-order chi connectivity index (χ1) is 12.9. The largest absolute Gasteiger partial charge is 0.345 e. The summed E-state index contributed by atoms with van der Waals surface area (Å²) >= 11 is 0. The van der Waals surface area contributed by atoms with Crippen molar-refractivity contribution in [3.8, 4) is 11.1 Å². The second-order valence-corrected chi connectivity index (χ2v) is 7.53. The lowest BCUT2D eigenvalue weighted by Gasteiger charge is -2.53. The number of hydrogen-bond acceptors (Lipinski definition) is 2. The topological polar surface area (TPSA) is 18.5 Å². The van der Waals surface area contributed by atoms with Crippen LogP contribution in [0.3, 0.4) is 0 Å². The fraction of sp³-hybridized carbons (Fsp3) is 0.429. The van der Waals surface area contributed by atoms with Gasteiger partial charge in [0.2, 0.25) is 0 Å². The minimum Gasteiger partial charge on any atom is -0.345 e. The van der Waals surface area contributed by atoms with Gasteiger partial charge in [0.15, 0.2) is 23.2 Å². The van der Waals surface area contributed by atoms with Gasteiger partial charge in [-0.3, -0.25) is 0 Å². The van der Waals surface area contributed by atoms with Gasteiger partial charge in [0.25, 0.3) is 0 Å². The van der Waals surface area contributed by atoms with Crippen molar-refractivity contribution < 1.29 is 27.0 Å². The van der Waals surface area contributed by atoms with Crippen molar-refractivity contribution in [1.82, 2.24) is 0 Å². The maximum Gasteiger partial charge on any atom is 0.194 e. The monoisotopic (exact) mass is 380 g/mol. The molecule has 3 saturated heterocycles. The lowest BCUT2D eigenvalue weighted by atomic mass is 9.74. The van der Waals surface area contributed by atoms with E-state index in [1.165, 1.54) is 12.1 Å². The fourth-order valence-corrected chi connectivity index (χ4v) is 4.15. The van der Waals surface area contributed by atoms with Gasteiger partial charge in [0.05, 0.1) is 13.2 Å². The Kier molecular flexibility index (Phi) is 4.51. The molecule has 3 fully saturated rings. The Morgan fingerprint density at radius 1 is 0.889 bits per heavy atom. The summed E-state index contributed by atoms with van der Waals surface area (Å²) in [6.45, 7) is 3.26. The van der Waals surface area contributed by atoms with Gasteiger partial charge in [0, 0.05) is 23.0 Å². The van der Waals surface area contributed by atoms with Crippen LogP contribution in [-0.2, 0) is 15.3 Å². The van der Waals surface area contributed by atoms with Crippen LogP contribution in [-0.4, -0.2) is 13.2 Å². The molecule has 0 spiro atoms. The Balaban J connectivity index is 1.64. The average molecular weight is 380 g/mol. The first-order valence-electron chi connectivity index (χ1n) is 9.11. The third-order valence-corrected chi connectivity index (χ3v) is 5.69. The molecular weight excluding hydrogens is 360 g/mol. The van der Waals surface area contributed by atoms with E-state index >= 15 is 0 Å². The molecule has 5 rings (SSSR count). The minimum atomic E-state index is -1.57. The molecule has 2 aromatic carbocycles. The first-order valence-corrected chi connectivity index (χ1v) is 9.11. The van der Waals surface area contributed by atoms with E-state index in [4.69, 9.17) is 9.47 Å². The lowest BCUT2D eigenvalue weighted by molar-refractivity contribution is -0.351. The van der Waals surface area contributed by atoms with E-state index in [2.05, 4.69) is 6.92 Å². The predicted octanol–water partition coefficient (Wildman–Crippen LogP) is 5.69. The summed E-state index contributed by atoms with van der Waals surface area (Å²) in [7, 11) is 0. The normalized spacial score (nSPS) is 27.1. The average Bonchev–Trinajstić information content (AvgIpc) is 2.67. The van der Waals surface area contributed by atoms with Gasteiger partial charge in [-0.05, 0) is 36.6 Å². The molecule has 3 aliphatic heterocycles. The summed E-state index contributed by atoms with van der Waals surface area (Å²) in [6.07, 6.45) is 3.65. The Morgan fingerprint density at radius 3 is 2.07 bits per heavy atom. The third-order valence-electron chi connectivity index (χ3n) is 5.69. The minimum absolute atomic E-state index is 0.0140. The van der Waals surface area contributed by atoms with Gasteiger partial charge in [0.1, 0.15) is 5.82 Å². The van der Waals surface area contributed by atoms with Crippen molar-refractivity contribution in [2.45, 2.75) is 38.4 Å². The van der Waals surface area contributed by atoms with E-state index in [1.807, 2.05) is 0 Å². The molecule has 0 unspecified atom stereocenters. The number of rotatable bonds is 4. The Bertz CT molecular complexity index is 833. The van der Waals surface area contributed by atoms with E-state index in [-0.39, 0.29) is 16.5 Å². The van der Waals surface area contributed by atoms with Crippen LogP contribution in [0.4, 0.5) is 17.6 Å². The molecule has 0 aromatic heterocycles. The van der Waals surface area contributed by atoms with Gasteiger partial charge in [-0.2, -0.15) is 0 Å². The van der Waals surface area contributed by atoms with Crippen LogP contribution >= 0.6 is 0 Å². The highest BCUT2D eigenvalue weighted by atomic mass is 19.2. The smallest absolute Gasteiger partial charge is 0.194 e. The number of halogens is 4. The van der Waals surface area contributed by atoms with Gasteiger partial charge in [-0.15, -0.1) is 0 Å². The van der Waals surface area contributed by atoms with E-state index < -0.39 is 29.1 Å². The van der Waals surface area contributed by atoms with Crippen molar-refractivity contribution in [2.75, 3.05) is 13.2 Å². The summed E-state index contributed by atoms with van der Waals surface area (Å²) in [4.78, 5) is 0. The molecule has 27 heavy (non-hydrogen) atoms. The molecule has 0 saturated carbocycles. The van der Waals surface area contributed by atoms with Gasteiger partial charge in [-0.25, -0.2) is 17.6 Å². The van der Waals surface area contributed by atoms with Crippen molar-refractivity contribution >= 4 is 0 Å². The number of benzene rings is 2. The summed E-state index contributed by atoms with van der Waals surface area (Å²) in [5.74, 6) is -5.93. The highest BCUT2D eigenvalue weighted by Gasteiger charge is 2.51. The standard InChI is InChI=1S/C21H20F4O2/c1-2-5-20-6-7-21(26-11-20,27-12-20)14-3-4-15(16(22)10-14)13-8-17(23)19(25)18(24)9-13/h3-4,8-10H,2,5-7,11-12H2,1H3.